The van der Waals surface area contributed by atoms with E-state index in [1.54, 1.807) is 7.11 Å². The number of furan rings is 1. The van der Waals surface area contributed by atoms with Crippen LogP contribution in [0.1, 0.15) is 16.1 Å². The van der Waals surface area contributed by atoms with Crippen LogP contribution in [0, 0.1) is 0 Å². The van der Waals surface area contributed by atoms with Crippen molar-refractivity contribution in [1.82, 2.24) is 0 Å². The van der Waals surface area contributed by atoms with Crippen molar-refractivity contribution in [3.63, 3.8) is 0 Å². The molecule has 1 aliphatic rings. The van der Waals surface area contributed by atoms with Crippen LogP contribution in [0.25, 0.3) is 11.0 Å². The highest BCUT2D eigenvalue weighted by molar-refractivity contribution is 6.34. The van der Waals surface area contributed by atoms with Gasteiger partial charge in [-0.3, -0.25) is 4.79 Å². The molecule has 7 heteroatoms. The maximum atomic E-state index is 13.1. The zero-order valence-electron chi connectivity index (χ0n) is 15.5. The molecule has 6 nitrogen and oxygen atoms in total. The van der Waals surface area contributed by atoms with Crippen LogP contribution >= 0.6 is 11.6 Å². The van der Waals surface area contributed by atoms with Crippen LogP contribution in [0.2, 0.25) is 5.02 Å². The molecular weight excluding hydrogens is 380 g/mol. The quantitative estimate of drug-likeness (QED) is 0.691. The molecule has 1 aliphatic heterocycles. The van der Waals surface area contributed by atoms with Crippen LogP contribution in [-0.4, -0.2) is 39.3 Å². The average molecular weight is 401 g/mol. The van der Waals surface area contributed by atoms with E-state index >= 15 is 0 Å². The molecule has 0 saturated carbocycles. The Hall–Kier alpha value is -2.54. The minimum Gasteiger partial charge on any atom is -0.451 e. The highest BCUT2D eigenvalue weighted by Crippen LogP contribution is 2.35. The van der Waals surface area contributed by atoms with Gasteiger partial charge in [-0.25, -0.2) is 0 Å². The lowest BCUT2D eigenvalue weighted by molar-refractivity contribution is 0.0992. The molecule has 2 aromatic carbocycles. The lowest BCUT2D eigenvalue weighted by atomic mass is 10.1. The van der Waals surface area contributed by atoms with E-state index in [9.17, 15) is 4.79 Å². The van der Waals surface area contributed by atoms with Gasteiger partial charge in [0.2, 0.25) is 0 Å². The molecule has 0 radical (unpaired) electrons. The van der Waals surface area contributed by atoms with Crippen molar-refractivity contribution < 1.29 is 18.7 Å². The summed E-state index contributed by atoms with van der Waals surface area (Å²) in [6.07, 6.45) is 0. The van der Waals surface area contributed by atoms with E-state index in [0.29, 0.717) is 42.6 Å². The monoisotopic (exact) mass is 400 g/mol. The molecule has 4 rings (SSSR count). The number of para-hydroxylation sites is 2. The average Bonchev–Trinajstić information content (AvgIpc) is 3.08. The van der Waals surface area contributed by atoms with Crippen molar-refractivity contribution in [2.24, 2.45) is 0 Å². The molecule has 146 valence electrons. The zero-order chi connectivity index (χ0) is 19.5. The van der Waals surface area contributed by atoms with Gasteiger partial charge in [0.15, 0.2) is 5.76 Å². The molecule has 1 saturated heterocycles. The number of nitrogens with zero attached hydrogens (tertiary/aromatic N) is 1. The molecule has 0 unspecified atom stereocenters. The number of benzene rings is 2. The standard InChI is InChI=1S/C21H21ClN2O4/c1-26-13-15-14-5-2-3-8-18(14)28-20(15)21(25)23-17-7-4-6-16(22)19(17)24-9-11-27-12-10-24/h2-8H,9-13H2,1H3,(H,23,25). The first-order valence-electron chi connectivity index (χ1n) is 9.11. The van der Waals surface area contributed by atoms with Crippen LogP contribution in [0.3, 0.4) is 0 Å². The Morgan fingerprint density at radius 2 is 1.96 bits per heavy atom. The molecular formula is C21H21ClN2O4. The minimum atomic E-state index is -0.333. The van der Waals surface area contributed by atoms with Crippen molar-refractivity contribution in [3.8, 4) is 0 Å². The van der Waals surface area contributed by atoms with Gasteiger partial charge in [0.1, 0.15) is 5.58 Å². The van der Waals surface area contributed by atoms with E-state index in [1.807, 2.05) is 42.5 Å². The Labute approximate surface area is 168 Å². The van der Waals surface area contributed by atoms with Gasteiger partial charge < -0.3 is 24.1 Å². The lowest BCUT2D eigenvalue weighted by Gasteiger charge is -2.31. The highest BCUT2D eigenvalue weighted by Gasteiger charge is 2.23. The van der Waals surface area contributed by atoms with Gasteiger partial charge in [-0.05, 0) is 18.2 Å². The number of halogens is 1. The van der Waals surface area contributed by atoms with Gasteiger partial charge in [-0.15, -0.1) is 0 Å². The lowest BCUT2D eigenvalue weighted by Crippen LogP contribution is -2.37. The summed E-state index contributed by atoms with van der Waals surface area (Å²) in [5, 5.41) is 4.42. The van der Waals surface area contributed by atoms with Crippen LogP contribution in [0.4, 0.5) is 11.4 Å². The van der Waals surface area contributed by atoms with Crippen molar-refractivity contribution in [2.45, 2.75) is 6.61 Å². The van der Waals surface area contributed by atoms with E-state index in [-0.39, 0.29) is 18.3 Å². The van der Waals surface area contributed by atoms with Crippen molar-refractivity contribution >= 4 is 39.9 Å². The Morgan fingerprint density at radius 1 is 1.18 bits per heavy atom. The number of fused-ring (bicyclic) bond motifs is 1. The predicted octanol–water partition coefficient (Wildman–Crippen LogP) is 4.32. The molecule has 1 aromatic heterocycles. The summed E-state index contributed by atoms with van der Waals surface area (Å²) in [7, 11) is 1.59. The Bertz CT molecular complexity index is 995. The van der Waals surface area contributed by atoms with E-state index in [1.165, 1.54) is 0 Å². The minimum absolute atomic E-state index is 0.246. The number of hydrogen-bond acceptors (Lipinski definition) is 5. The fourth-order valence-corrected chi connectivity index (χ4v) is 3.77. The number of ether oxygens (including phenoxy) is 2. The molecule has 1 amide bonds. The Kier molecular flexibility index (Phi) is 5.52. The fourth-order valence-electron chi connectivity index (χ4n) is 3.47. The first-order chi connectivity index (χ1) is 13.7. The molecule has 0 bridgehead atoms. The van der Waals surface area contributed by atoms with Crippen LogP contribution in [-0.2, 0) is 16.1 Å². The second-order valence-corrected chi connectivity index (χ2v) is 6.94. The topological polar surface area (TPSA) is 63.9 Å². The molecule has 28 heavy (non-hydrogen) atoms. The molecule has 1 fully saturated rings. The number of carbonyl (C=O) groups is 1. The first kappa shape index (κ1) is 18.8. The van der Waals surface area contributed by atoms with Crippen LogP contribution in [0.15, 0.2) is 46.9 Å². The smallest absolute Gasteiger partial charge is 0.291 e. The predicted molar refractivity (Wildman–Crippen MR) is 109 cm³/mol. The van der Waals surface area contributed by atoms with Gasteiger partial charge in [-0.2, -0.15) is 0 Å². The summed E-state index contributed by atoms with van der Waals surface area (Å²) in [6.45, 7) is 2.96. The number of nitrogens with one attached hydrogen (secondary N) is 1. The van der Waals surface area contributed by atoms with Crippen LogP contribution in [0.5, 0.6) is 0 Å². The highest BCUT2D eigenvalue weighted by atomic mass is 35.5. The van der Waals surface area contributed by atoms with Crippen molar-refractivity contribution in [1.29, 1.82) is 0 Å². The maximum Gasteiger partial charge on any atom is 0.291 e. The van der Waals surface area contributed by atoms with E-state index in [0.717, 1.165) is 16.6 Å². The van der Waals surface area contributed by atoms with Gasteiger partial charge in [0.05, 0.1) is 36.2 Å². The SMILES string of the molecule is COCc1c(C(=O)Nc2cccc(Cl)c2N2CCOCC2)oc2ccccc12. The Morgan fingerprint density at radius 3 is 2.75 bits per heavy atom. The zero-order valence-corrected chi connectivity index (χ0v) is 16.3. The summed E-state index contributed by atoms with van der Waals surface area (Å²) in [5.74, 6) is -0.0871. The summed E-state index contributed by atoms with van der Waals surface area (Å²) < 4.78 is 16.6. The van der Waals surface area contributed by atoms with Gasteiger partial charge in [0, 0.05) is 31.1 Å². The number of anilines is 2. The summed E-state index contributed by atoms with van der Waals surface area (Å²) in [5.41, 5.74) is 2.82. The number of morpholine rings is 1. The number of hydrogen-bond donors (Lipinski definition) is 1. The van der Waals surface area contributed by atoms with Crippen molar-refractivity contribution in [3.05, 3.63) is 58.8 Å². The first-order valence-corrected chi connectivity index (χ1v) is 9.48. The van der Waals surface area contributed by atoms with Gasteiger partial charge >= 0.3 is 0 Å². The molecule has 0 atom stereocenters. The third-order valence-corrected chi connectivity index (χ3v) is 5.06. The second-order valence-electron chi connectivity index (χ2n) is 6.53. The summed E-state index contributed by atoms with van der Waals surface area (Å²) >= 11 is 6.46. The van der Waals surface area contributed by atoms with E-state index in [4.69, 9.17) is 25.5 Å². The summed E-state index contributed by atoms with van der Waals surface area (Å²) in [4.78, 5) is 15.2. The van der Waals surface area contributed by atoms with Gasteiger partial charge in [0.25, 0.3) is 5.91 Å². The number of methoxy groups -OCH3 is 1. The maximum absolute atomic E-state index is 13.1. The Balaban J connectivity index is 1.69. The van der Waals surface area contributed by atoms with Crippen LogP contribution < -0.4 is 10.2 Å². The van der Waals surface area contributed by atoms with Gasteiger partial charge in [-0.1, -0.05) is 35.9 Å². The number of rotatable bonds is 5. The third-order valence-electron chi connectivity index (χ3n) is 4.76. The third kappa shape index (κ3) is 3.58. The largest absolute Gasteiger partial charge is 0.451 e. The number of amides is 1. The molecule has 3 aromatic rings. The van der Waals surface area contributed by atoms with Crippen molar-refractivity contribution in [2.75, 3.05) is 43.6 Å². The summed E-state index contributed by atoms with van der Waals surface area (Å²) in [6, 6.07) is 13.0. The molecule has 2 heterocycles. The number of carbonyl (C=O) groups excluding carboxylic acids is 1. The second kappa shape index (κ2) is 8.22. The molecule has 0 aliphatic carbocycles. The fraction of sp³-hybridized carbons (Fsp3) is 0.286. The van der Waals surface area contributed by atoms with E-state index < -0.39 is 0 Å². The van der Waals surface area contributed by atoms with E-state index in [2.05, 4.69) is 10.2 Å². The normalized spacial score (nSPS) is 14.4. The molecule has 1 N–H and O–H groups in total. The molecule has 0 spiro atoms.